The molecule has 3 aromatic rings. The van der Waals surface area contributed by atoms with E-state index in [0.717, 1.165) is 0 Å². The van der Waals surface area contributed by atoms with Crippen LogP contribution in [0, 0.1) is 13.8 Å². The molecule has 1 nitrogen and oxygen atoms in total. The Morgan fingerprint density at radius 2 is 1.81 bits per heavy atom. The van der Waals surface area contributed by atoms with E-state index in [1.807, 2.05) is 11.3 Å². The van der Waals surface area contributed by atoms with E-state index >= 15 is 0 Å². The molecule has 0 radical (unpaired) electrons. The second kappa shape index (κ2) is 3.49. The monoisotopic (exact) mass is 227 g/mol. The smallest absolute Gasteiger partial charge is 0.0596 e. The van der Waals surface area contributed by atoms with E-state index in [0.29, 0.717) is 0 Å². The number of para-hydroxylation sites is 1. The lowest BCUT2D eigenvalue weighted by Crippen LogP contribution is -1.73. The highest BCUT2D eigenvalue weighted by atomic mass is 32.1. The third-order valence-corrected chi connectivity index (χ3v) is 3.97. The van der Waals surface area contributed by atoms with Crippen molar-refractivity contribution in [2.45, 2.75) is 13.8 Å². The van der Waals surface area contributed by atoms with Crippen LogP contribution in [0.5, 0.6) is 0 Å². The fourth-order valence-electron chi connectivity index (χ4n) is 2.10. The SMILES string of the molecule is Cc1ccc(-c2[nH]c3ccccc3c2C)s1. The molecule has 0 fully saturated rings. The Morgan fingerprint density at radius 1 is 1.00 bits per heavy atom. The summed E-state index contributed by atoms with van der Waals surface area (Å²) >= 11 is 1.84. The number of aryl methyl sites for hydroxylation is 2. The fraction of sp³-hybridized carbons (Fsp3) is 0.143. The number of rotatable bonds is 1. The van der Waals surface area contributed by atoms with Gasteiger partial charge in [-0.3, -0.25) is 0 Å². The first-order chi connectivity index (χ1) is 7.75. The molecule has 3 rings (SSSR count). The maximum absolute atomic E-state index is 3.50. The van der Waals surface area contributed by atoms with Gasteiger partial charge in [-0.05, 0) is 37.6 Å². The van der Waals surface area contributed by atoms with Crippen molar-refractivity contribution < 1.29 is 0 Å². The van der Waals surface area contributed by atoms with Gasteiger partial charge in [-0.2, -0.15) is 0 Å². The molecule has 2 aromatic heterocycles. The molecule has 0 atom stereocenters. The van der Waals surface area contributed by atoms with Crippen molar-refractivity contribution in [2.24, 2.45) is 0 Å². The van der Waals surface area contributed by atoms with Gasteiger partial charge in [0, 0.05) is 15.8 Å². The van der Waals surface area contributed by atoms with E-state index in [9.17, 15) is 0 Å². The number of hydrogen-bond acceptors (Lipinski definition) is 1. The van der Waals surface area contributed by atoms with Gasteiger partial charge in [-0.25, -0.2) is 0 Å². The number of H-pyrrole nitrogens is 1. The predicted octanol–water partition coefficient (Wildman–Crippen LogP) is 4.51. The Balaban J connectivity index is 2.28. The average molecular weight is 227 g/mol. The summed E-state index contributed by atoms with van der Waals surface area (Å²) in [4.78, 5) is 6.18. The van der Waals surface area contributed by atoms with Crippen molar-refractivity contribution in [3.05, 3.63) is 46.8 Å². The third-order valence-electron chi connectivity index (χ3n) is 2.95. The Morgan fingerprint density at radius 3 is 2.50 bits per heavy atom. The molecule has 0 spiro atoms. The highest BCUT2D eigenvalue weighted by molar-refractivity contribution is 7.15. The fourth-order valence-corrected chi connectivity index (χ4v) is 3.02. The van der Waals surface area contributed by atoms with Crippen LogP contribution in [0.15, 0.2) is 36.4 Å². The number of aromatic amines is 1. The molecule has 0 saturated heterocycles. The van der Waals surface area contributed by atoms with Crippen molar-refractivity contribution in [1.29, 1.82) is 0 Å². The summed E-state index contributed by atoms with van der Waals surface area (Å²) in [6, 6.07) is 12.8. The number of hydrogen-bond donors (Lipinski definition) is 1. The van der Waals surface area contributed by atoms with E-state index < -0.39 is 0 Å². The van der Waals surface area contributed by atoms with E-state index in [4.69, 9.17) is 0 Å². The summed E-state index contributed by atoms with van der Waals surface area (Å²) in [6.07, 6.45) is 0. The molecule has 1 aromatic carbocycles. The van der Waals surface area contributed by atoms with Gasteiger partial charge in [0.15, 0.2) is 0 Å². The summed E-state index contributed by atoms with van der Waals surface area (Å²) in [5, 5.41) is 1.32. The Hall–Kier alpha value is -1.54. The van der Waals surface area contributed by atoms with E-state index in [-0.39, 0.29) is 0 Å². The zero-order valence-corrected chi connectivity index (χ0v) is 10.2. The van der Waals surface area contributed by atoms with Gasteiger partial charge in [0.2, 0.25) is 0 Å². The first-order valence-corrected chi connectivity index (χ1v) is 6.21. The molecule has 0 aliphatic carbocycles. The van der Waals surface area contributed by atoms with Crippen molar-refractivity contribution in [1.82, 2.24) is 4.98 Å². The highest BCUT2D eigenvalue weighted by Crippen LogP contribution is 2.33. The summed E-state index contributed by atoms with van der Waals surface area (Å²) in [5.41, 5.74) is 3.83. The summed E-state index contributed by atoms with van der Waals surface area (Å²) in [7, 11) is 0. The molecule has 16 heavy (non-hydrogen) atoms. The van der Waals surface area contributed by atoms with Crippen LogP contribution in [0.3, 0.4) is 0 Å². The second-order valence-corrected chi connectivity index (χ2v) is 5.37. The topological polar surface area (TPSA) is 15.8 Å². The first-order valence-electron chi connectivity index (χ1n) is 5.40. The maximum atomic E-state index is 3.50. The Labute approximate surface area is 98.7 Å². The lowest BCUT2D eigenvalue weighted by molar-refractivity contribution is 1.43. The molecular formula is C14H13NS. The van der Waals surface area contributed by atoms with Gasteiger partial charge < -0.3 is 4.98 Å². The second-order valence-electron chi connectivity index (χ2n) is 4.08. The molecule has 0 aliphatic heterocycles. The Bertz CT molecular complexity index is 646. The maximum Gasteiger partial charge on any atom is 0.0596 e. The first kappa shape index (κ1) is 9.67. The lowest BCUT2D eigenvalue weighted by Gasteiger charge is -1.94. The number of nitrogens with one attached hydrogen (secondary N) is 1. The zero-order chi connectivity index (χ0) is 11.1. The minimum absolute atomic E-state index is 1.22. The van der Waals surface area contributed by atoms with Gasteiger partial charge in [-0.1, -0.05) is 18.2 Å². The molecule has 80 valence electrons. The van der Waals surface area contributed by atoms with Crippen LogP contribution in [-0.4, -0.2) is 4.98 Å². The molecule has 2 heterocycles. The van der Waals surface area contributed by atoms with Crippen molar-refractivity contribution in [2.75, 3.05) is 0 Å². The van der Waals surface area contributed by atoms with Crippen molar-refractivity contribution >= 4 is 22.2 Å². The molecule has 0 amide bonds. The molecular weight excluding hydrogens is 214 g/mol. The van der Waals surface area contributed by atoms with Crippen LogP contribution in [-0.2, 0) is 0 Å². The normalized spacial score (nSPS) is 11.1. The van der Waals surface area contributed by atoms with Gasteiger partial charge in [0.25, 0.3) is 0 Å². The number of thiophene rings is 1. The molecule has 0 bridgehead atoms. The molecule has 1 N–H and O–H groups in total. The average Bonchev–Trinajstić information content (AvgIpc) is 2.84. The Kier molecular flexibility index (Phi) is 2.11. The standard InChI is InChI=1S/C14H13NS/c1-9-7-8-13(16-9)14-10(2)11-5-3-4-6-12(11)15-14/h3-8,15H,1-2H3. The summed E-state index contributed by atoms with van der Waals surface area (Å²) in [5.74, 6) is 0. The van der Waals surface area contributed by atoms with E-state index in [2.05, 4.69) is 55.2 Å². The summed E-state index contributed by atoms with van der Waals surface area (Å²) in [6.45, 7) is 4.33. The number of fused-ring (bicyclic) bond motifs is 1. The van der Waals surface area contributed by atoms with Crippen LogP contribution >= 0.6 is 11.3 Å². The van der Waals surface area contributed by atoms with Crippen molar-refractivity contribution in [3.8, 4) is 10.6 Å². The van der Waals surface area contributed by atoms with Crippen LogP contribution in [0.1, 0.15) is 10.4 Å². The number of aromatic nitrogens is 1. The van der Waals surface area contributed by atoms with Crippen molar-refractivity contribution in [3.63, 3.8) is 0 Å². The van der Waals surface area contributed by atoms with E-state index in [1.54, 1.807) is 0 Å². The van der Waals surface area contributed by atoms with Crippen LogP contribution in [0.4, 0.5) is 0 Å². The minimum Gasteiger partial charge on any atom is -0.354 e. The molecule has 0 aliphatic rings. The third kappa shape index (κ3) is 1.38. The minimum atomic E-state index is 1.22. The van der Waals surface area contributed by atoms with Gasteiger partial charge in [-0.15, -0.1) is 11.3 Å². The number of benzene rings is 1. The van der Waals surface area contributed by atoms with Gasteiger partial charge in [0.1, 0.15) is 0 Å². The largest absolute Gasteiger partial charge is 0.354 e. The van der Waals surface area contributed by atoms with E-state index in [1.165, 1.54) is 31.9 Å². The predicted molar refractivity (Wildman–Crippen MR) is 71.1 cm³/mol. The molecule has 0 unspecified atom stereocenters. The molecule has 0 saturated carbocycles. The summed E-state index contributed by atoms with van der Waals surface area (Å²) < 4.78 is 0. The van der Waals surface area contributed by atoms with Crippen LogP contribution in [0.25, 0.3) is 21.5 Å². The van der Waals surface area contributed by atoms with Gasteiger partial charge >= 0.3 is 0 Å². The molecule has 2 heteroatoms. The highest BCUT2D eigenvalue weighted by Gasteiger charge is 2.09. The quantitative estimate of drug-likeness (QED) is 0.629. The van der Waals surface area contributed by atoms with Crippen LogP contribution < -0.4 is 0 Å². The zero-order valence-electron chi connectivity index (χ0n) is 9.37. The van der Waals surface area contributed by atoms with Crippen LogP contribution in [0.2, 0.25) is 0 Å². The lowest BCUT2D eigenvalue weighted by atomic mass is 10.1. The van der Waals surface area contributed by atoms with Gasteiger partial charge in [0.05, 0.1) is 10.6 Å².